The van der Waals surface area contributed by atoms with E-state index in [0.717, 1.165) is 12.8 Å². The quantitative estimate of drug-likeness (QED) is 0.882. The monoisotopic (exact) mass is 258 g/mol. The zero-order chi connectivity index (χ0) is 12.4. The van der Waals surface area contributed by atoms with E-state index in [4.69, 9.17) is 16.3 Å². The minimum atomic E-state index is -0.634. The van der Waals surface area contributed by atoms with Gasteiger partial charge in [-0.15, -0.1) is 0 Å². The number of hydrogen-bond acceptors (Lipinski definition) is 2. The second kappa shape index (κ2) is 5.34. The number of rotatable bonds is 2. The van der Waals surface area contributed by atoms with Gasteiger partial charge >= 0.3 is 0 Å². The van der Waals surface area contributed by atoms with Crippen LogP contribution in [-0.2, 0) is 4.74 Å². The molecule has 4 heteroatoms. The minimum Gasteiger partial charge on any atom is -0.388 e. The third-order valence-electron chi connectivity index (χ3n) is 3.31. The predicted molar refractivity (Wildman–Crippen MR) is 64.6 cm³/mol. The predicted octanol–water partition coefficient (Wildman–Crippen LogP) is 3.25. The van der Waals surface area contributed by atoms with E-state index in [2.05, 4.69) is 0 Å². The summed E-state index contributed by atoms with van der Waals surface area (Å²) >= 11 is 5.98. The Morgan fingerprint density at radius 2 is 2.06 bits per heavy atom. The molecule has 0 saturated carbocycles. The molecule has 0 spiro atoms. The number of hydrogen-bond donors (Lipinski definition) is 1. The molecule has 1 fully saturated rings. The smallest absolute Gasteiger partial charge is 0.127 e. The van der Waals surface area contributed by atoms with E-state index >= 15 is 0 Å². The van der Waals surface area contributed by atoms with Gasteiger partial charge in [0.05, 0.1) is 6.10 Å². The largest absolute Gasteiger partial charge is 0.388 e. The Bertz CT molecular complexity index is 403. The molecule has 1 saturated heterocycles. The Balaban J connectivity index is 2.23. The van der Waals surface area contributed by atoms with Crippen LogP contribution in [-0.4, -0.2) is 18.3 Å². The van der Waals surface area contributed by atoms with Gasteiger partial charge in [0.1, 0.15) is 5.82 Å². The van der Waals surface area contributed by atoms with Gasteiger partial charge in [-0.3, -0.25) is 0 Å². The van der Waals surface area contributed by atoms with E-state index in [1.54, 1.807) is 13.0 Å². The molecule has 0 amide bonds. The Morgan fingerprint density at radius 3 is 2.71 bits per heavy atom. The summed E-state index contributed by atoms with van der Waals surface area (Å²) < 4.78 is 18.5. The van der Waals surface area contributed by atoms with Crippen LogP contribution in [0.3, 0.4) is 0 Å². The molecule has 0 aromatic heterocycles. The highest BCUT2D eigenvalue weighted by Crippen LogP contribution is 2.34. The molecule has 1 aromatic carbocycles. The molecule has 1 heterocycles. The first-order chi connectivity index (χ1) is 8.09. The van der Waals surface area contributed by atoms with Crippen molar-refractivity contribution >= 4 is 11.6 Å². The average Bonchev–Trinajstić information content (AvgIpc) is 2.34. The summed E-state index contributed by atoms with van der Waals surface area (Å²) in [6, 6.07) is 2.91. The van der Waals surface area contributed by atoms with Crippen molar-refractivity contribution in [2.45, 2.75) is 25.9 Å². The van der Waals surface area contributed by atoms with Crippen LogP contribution in [0.1, 0.15) is 30.1 Å². The lowest BCUT2D eigenvalue weighted by Crippen LogP contribution is -2.22. The molecule has 1 N–H and O–H groups in total. The maximum atomic E-state index is 13.3. The number of aliphatic hydroxyl groups is 1. The summed E-state index contributed by atoms with van der Waals surface area (Å²) in [6.07, 6.45) is 0.993. The van der Waals surface area contributed by atoms with E-state index in [1.807, 2.05) is 0 Å². The summed E-state index contributed by atoms with van der Waals surface area (Å²) in [7, 11) is 0. The van der Waals surface area contributed by atoms with Crippen molar-refractivity contribution < 1.29 is 14.2 Å². The molecule has 1 aromatic rings. The molecular formula is C13H16ClFO2. The molecule has 2 rings (SSSR count). The fourth-order valence-electron chi connectivity index (χ4n) is 2.19. The lowest BCUT2D eigenvalue weighted by atomic mass is 9.89. The van der Waals surface area contributed by atoms with Crippen LogP contribution in [0.5, 0.6) is 0 Å². The Kier molecular flexibility index (Phi) is 4.02. The fraction of sp³-hybridized carbons (Fsp3) is 0.538. The van der Waals surface area contributed by atoms with Crippen LogP contribution in [0, 0.1) is 18.7 Å². The second-order valence-corrected chi connectivity index (χ2v) is 4.92. The molecule has 0 aliphatic carbocycles. The van der Waals surface area contributed by atoms with Crippen LogP contribution in [0.2, 0.25) is 5.02 Å². The van der Waals surface area contributed by atoms with Crippen LogP contribution in [0.25, 0.3) is 0 Å². The summed E-state index contributed by atoms with van der Waals surface area (Å²) in [4.78, 5) is 0. The molecule has 1 aliphatic heterocycles. The van der Waals surface area contributed by atoms with Crippen LogP contribution in [0.4, 0.5) is 4.39 Å². The van der Waals surface area contributed by atoms with Crippen LogP contribution < -0.4 is 0 Å². The molecule has 17 heavy (non-hydrogen) atoms. The van der Waals surface area contributed by atoms with E-state index in [-0.39, 0.29) is 11.7 Å². The highest BCUT2D eigenvalue weighted by molar-refractivity contribution is 6.31. The number of halogens is 2. The van der Waals surface area contributed by atoms with Gasteiger partial charge in [0, 0.05) is 18.2 Å². The van der Waals surface area contributed by atoms with Crippen molar-refractivity contribution in [2.24, 2.45) is 5.92 Å². The van der Waals surface area contributed by atoms with Crippen molar-refractivity contribution in [2.75, 3.05) is 13.2 Å². The molecule has 0 radical (unpaired) electrons. The van der Waals surface area contributed by atoms with E-state index in [0.29, 0.717) is 29.4 Å². The van der Waals surface area contributed by atoms with Crippen molar-refractivity contribution in [3.63, 3.8) is 0 Å². The normalized spacial score (nSPS) is 19.3. The van der Waals surface area contributed by atoms with Crippen LogP contribution in [0.15, 0.2) is 12.1 Å². The third-order valence-corrected chi connectivity index (χ3v) is 3.64. The zero-order valence-corrected chi connectivity index (χ0v) is 10.5. The van der Waals surface area contributed by atoms with Crippen molar-refractivity contribution in [1.82, 2.24) is 0 Å². The molecule has 1 atom stereocenters. The highest BCUT2D eigenvalue weighted by atomic mass is 35.5. The van der Waals surface area contributed by atoms with E-state index < -0.39 is 6.10 Å². The Labute approximate surface area is 105 Å². The van der Waals surface area contributed by atoms with Gasteiger partial charge in [0.25, 0.3) is 0 Å². The number of ether oxygens (including phenoxy) is 1. The Morgan fingerprint density at radius 1 is 1.41 bits per heavy atom. The van der Waals surface area contributed by atoms with Gasteiger partial charge in [-0.1, -0.05) is 11.6 Å². The minimum absolute atomic E-state index is 0.145. The van der Waals surface area contributed by atoms with E-state index in [1.165, 1.54) is 6.07 Å². The van der Waals surface area contributed by atoms with Crippen LogP contribution >= 0.6 is 11.6 Å². The first-order valence-electron chi connectivity index (χ1n) is 5.81. The Hall–Kier alpha value is -0.640. The zero-order valence-electron chi connectivity index (χ0n) is 9.75. The lowest BCUT2D eigenvalue weighted by Gasteiger charge is -2.27. The second-order valence-electron chi connectivity index (χ2n) is 4.52. The van der Waals surface area contributed by atoms with Gasteiger partial charge in [0.2, 0.25) is 0 Å². The van der Waals surface area contributed by atoms with Gasteiger partial charge < -0.3 is 9.84 Å². The van der Waals surface area contributed by atoms with Crippen molar-refractivity contribution in [3.8, 4) is 0 Å². The maximum absolute atomic E-state index is 13.3. The molecular weight excluding hydrogens is 243 g/mol. The summed E-state index contributed by atoms with van der Waals surface area (Å²) in [5, 5.41) is 10.6. The van der Waals surface area contributed by atoms with Crippen molar-refractivity contribution in [1.29, 1.82) is 0 Å². The third kappa shape index (κ3) is 2.79. The van der Waals surface area contributed by atoms with E-state index in [9.17, 15) is 9.50 Å². The molecule has 1 aliphatic rings. The number of benzene rings is 1. The molecule has 2 nitrogen and oxygen atoms in total. The fourth-order valence-corrected chi connectivity index (χ4v) is 2.45. The summed E-state index contributed by atoms with van der Waals surface area (Å²) in [5.41, 5.74) is 1.13. The molecule has 0 bridgehead atoms. The number of aryl methyl sites for hydroxylation is 1. The van der Waals surface area contributed by atoms with Gasteiger partial charge in [-0.25, -0.2) is 4.39 Å². The van der Waals surface area contributed by atoms with Gasteiger partial charge in [0.15, 0.2) is 0 Å². The van der Waals surface area contributed by atoms with Gasteiger partial charge in [-0.05, 0) is 48.9 Å². The lowest BCUT2D eigenvalue weighted by molar-refractivity contribution is 0.00718. The maximum Gasteiger partial charge on any atom is 0.127 e. The number of aliphatic hydroxyl groups excluding tert-OH is 1. The highest BCUT2D eigenvalue weighted by Gasteiger charge is 2.25. The van der Waals surface area contributed by atoms with Crippen molar-refractivity contribution in [3.05, 3.63) is 34.1 Å². The first kappa shape index (κ1) is 12.8. The molecule has 1 unspecified atom stereocenters. The first-order valence-corrected chi connectivity index (χ1v) is 6.18. The standard InChI is InChI=1S/C13H16ClFO2/c1-8-6-10(11(14)7-12(8)15)13(16)9-2-4-17-5-3-9/h6-7,9,13,16H,2-5H2,1H3. The molecule has 94 valence electrons. The average molecular weight is 259 g/mol. The summed E-state index contributed by atoms with van der Waals surface area (Å²) in [6.45, 7) is 3.00. The van der Waals surface area contributed by atoms with Gasteiger partial charge in [-0.2, -0.15) is 0 Å². The topological polar surface area (TPSA) is 29.5 Å². The SMILES string of the molecule is Cc1cc(C(O)C2CCOCC2)c(Cl)cc1F. The summed E-state index contributed by atoms with van der Waals surface area (Å²) in [5.74, 6) is -0.191.